The second kappa shape index (κ2) is 10.9. The summed E-state index contributed by atoms with van der Waals surface area (Å²) >= 11 is 5.83. The van der Waals surface area contributed by atoms with E-state index in [0.717, 1.165) is 0 Å². The molecule has 2 aromatic carbocycles. The van der Waals surface area contributed by atoms with Gasteiger partial charge in [0.25, 0.3) is 5.91 Å². The molecule has 0 spiro atoms. The van der Waals surface area contributed by atoms with Crippen molar-refractivity contribution in [1.82, 2.24) is 10.6 Å². The lowest BCUT2D eigenvalue weighted by atomic mass is 10.2. The third-order valence-corrected chi connectivity index (χ3v) is 3.82. The number of benzene rings is 2. The van der Waals surface area contributed by atoms with E-state index in [-0.39, 0.29) is 12.5 Å². The Bertz CT molecular complexity index is 827. The van der Waals surface area contributed by atoms with E-state index in [1.807, 2.05) is 0 Å². The summed E-state index contributed by atoms with van der Waals surface area (Å²) in [6, 6.07) is 12.8. The van der Waals surface area contributed by atoms with Gasteiger partial charge in [0.05, 0.1) is 24.5 Å². The minimum Gasteiger partial charge on any atom is -0.383 e. The molecule has 4 N–H and O–H groups in total. The van der Waals surface area contributed by atoms with Gasteiger partial charge in [0.15, 0.2) is 0 Å². The van der Waals surface area contributed by atoms with E-state index in [1.54, 1.807) is 48.5 Å². The molecule has 2 aromatic rings. The van der Waals surface area contributed by atoms with E-state index < -0.39 is 11.9 Å². The molecular formula is C19H21ClN4O4. The van der Waals surface area contributed by atoms with Gasteiger partial charge in [-0.25, -0.2) is 4.79 Å². The van der Waals surface area contributed by atoms with Crippen LogP contribution in [0.1, 0.15) is 10.4 Å². The van der Waals surface area contributed by atoms with Crippen molar-refractivity contribution >= 4 is 40.8 Å². The predicted octanol–water partition coefficient (Wildman–Crippen LogP) is 2.48. The molecule has 0 fully saturated rings. The zero-order valence-electron chi connectivity index (χ0n) is 15.3. The second-order valence-corrected chi connectivity index (χ2v) is 6.09. The number of anilines is 2. The lowest BCUT2D eigenvalue weighted by molar-refractivity contribution is -0.118. The van der Waals surface area contributed by atoms with Gasteiger partial charge < -0.3 is 20.7 Å². The lowest BCUT2D eigenvalue weighted by Crippen LogP contribution is -2.43. The summed E-state index contributed by atoms with van der Waals surface area (Å²) in [5.41, 5.74) is 1.49. The Morgan fingerprint density at radius 1 is 1.00 bits per heavy atom. The molecule has 2 rings (SSSR count). The number of amides is 4. The van der Waals surface area contributed by atoms with Crippen molar-refractivity contribution in [2.24, 2.45) is 0 Å². The second-order valence-electron chi connectivity index (χ2n) is 5.66. The first-order chi connectivity index (χ1) is 13.5. The van der Waals surface area contributed by atoms with Crippen molar-refractivity contribution in [3.8, 4) is 0 Å². The number of hydrogen-bond acceptors (Lipinski definition) is 5. The number of ether oxygens (including phenoxy) is 1. The first-order valence-corrected chi connectivity index (χ1v) is 8.84. The van der Waals surface area contributed by atoms with Crippen molar-refractivity contribution in [2.75, 3.05) is 37.4 Å². The van der Waals surface area contributed by atoms with Gasteiger partial charge in [-0.15, -0.1) is 0 Å². The van der Waals surface area contributed by atoms with Gasteiger partial charge in [0, 0.05) is 24.2 Å². The van der Waals surface area contributed by atoms with Gasteiger partial charge in [0.2, 0.25) is 5.91 Å². The number of hydrogen-bond donors (Lipinski definition) is 4. The summed E-state index contributed by atoms with van der Waals surface area (Å²) in [7, 11) is 1.51. The predicted molar refractivity (Wildman–Crippen MR) is 108 cm³/mol. The lowest BCUT2D eigenvalue weighted by Gasteiger charge is -2.13. The summed E-state index contributed by atoms with van der Waals surface area (Å²) in [6.45, 7) is 0.495. The summed E-state index contributed by atoms with van der Waals surface area (Å²) < 4.78 is 4.80. The van der Waals surface area contributed by atoms with Gasteiger partial charge in [-0.1, -0.05) is 23.7 Å². The monoisotopic (exact) mass is 404 g/mol. The van der Waals surface area contributed by atoms with Crippen LogP contribution in [0, 0.1) is 0 Å². The minimum atomic E-state index is -0.604. The molecule has 9 heteroatoms. The molecule has 0 atom stereocenters. The summed E-state index contributed by atoms with van der Waals surface area (Å²) in [5.74, 6) is -0.832. The van der Waals surface area contributed by atoms with Crippen molar-refractivity contribution in [2.45, 2.75) is 0 Å². The molecule has 0 aromatic heterocycles. The Morgan fingerprint density at radius 2 is 1.68 bits per heavy atom. The fourth-order valence-corrected chi connectivity index (χ4v) is 2.33. The minimum absolute atomic E-state index is 0.147. The van der Waals surface area contributed by atoms with Gasteiger partial charge >= 0.3 is 6.03 Å². The fourth-order valence-electron chi connectivity index (χ4n) is 2.20. The Kier molecular flexibility index (Phi) is 8.26. The van der Waals surface area contributed by atoms with Crippen LogP contribution in [0.5, 0.6) is 0 Å². The number of methoxy groups -OCH3 is 1. The van der Waals surface area contributed by atoms with Crippen molar-refractivity contribution in [3.05, 3.63) is 59.1 Å². The average Bonchev–Trinajstić information content (AvgIpc) is 2.68. The van der Waals surface area contributed by atoms with Crippen LogP contribution in [0.3, 0.4) is 0 Å². The zero-order chi connectivity index (χ0) is 20.4. The fraction of sp³-hybridized carbons (Fsp3) is 0.211. The maximum atomic E-state index is 12.4. The summed E-state index contributed by atoms with van der Waals surface area (Å²) in [5, 5.41) is 10.9. The third-order valence-electron chi connectivity index (χ3n) is 3.57. The third kappa shape index (κ3) is 6.90. The van der Waals surface area contributed by atoms with Crippen LogP contribution < -0.4 is 21.3 Å². The van der Waals surface area contributed by atoms with Crippen molar-refractivity contribution in [1.29, 1.82) is 0 Å². The zero-order valence-corrected chi connectivity index (χ0v) is 16.0. The number of halogens is 1. The normalized spacial score (nSPS) is 10.1. The molecule has 0 unspecified atom stereocenters. The van der Waals surface area contributed by atoms with E-state index in [0.29, 0.717) is 35.1 Å². The van der Waals surface area contributed by atoms with E-state index in [2.05, 4.69) is 21.3 Å². The smallest absolute Gasteiger partial charge is 0.321 e. The molecule has 0 radical (unpaired) electrons. The van der Waals surface area contributed by atoms with Gasteiger partial charge in [-0.2, -0.15) is 0 Å². The molecule has 28 heavy (non-hydrogen) atoms. The molecule has 0 aliphatic carbocycles. The number of para-hydroxylation sites is 2. The topological polar surface area (TPSA) is 109 Å². The van der Waals surface area contributed by atoms with E-state index in [9.17, 15) is 14.4 Å². The highest BCUT2D eigenvalue weighted by Gasteiger charge is 2.11. The Hall–Kier alpha value is -3.10. The molecule has 0 saturated heterocycles. The number of imide groups is 1. The maximum absolute atomic E-state index is 12.4. The standard InChI is InChI=1S/C19H21ClN4O4/c1-28-11-10-21-19(27)24-17(25)12-22-15-4-2-3-5-16(15)23-18(26)13-6-8-14(20)9-7-13/h2-9,22H,10-12H2,1H3,(H,23,26)(H2,21,24,25,27). The molecule has 4 amide bonds. The molecule has 8 nitrogen and oxygen atoms in total. The summed E-state index contributed by atoms with van der Waals surface area (Å²) in [4.78, 5) is 35.8. The first-order valence-electron chi connectivity index (χ1n) is 8.46. The molecule has 0 aliphatic rings. The van der Waals surface area contributed by atoms with Gasteiger partial charge in [0.1, 0.15) is 0 Å². The van der Waals surface area contributed by atoms with Crippen molar-refractivity contribution < 1.29 is 19.1 Å². The quantitative estimate of drug-likeness (QED) is 0.505. The largest absolute Gasteiger partial charge is 0.383 e. The number of nitrogens with one attached hydrogen (secondary N) is 4. The van der Waals surface area contributed by atoms with Crippen LogP contribution in [-0.4, -0.2) is 44.7 Å². The molecule has 0 heterocycles. The Morgan fingerprint density at radius 3 is 2.36 bits per heavy atom. The summed E-state index contributed by atoms with van der Waals surface area (Å²) in [6.07, 6.45) is 0. The van der Waals surface area contributed by atoms with Crippen molar-refractivity contribution in [3.63, 3.8) is 0 Å². The van der Waals surface area contributed by atoms with E-state index in [1.165, 1.54) is 7.11 Å². The van der Waals surface area contributed by atoms with Crippen LogP contribution in [0.25, 0.3) is 0 Å². The van der Waals surface area contributed by atoms with Crippen LogP contribution in [-0.2, 0) is 9.53 Å². The number of urea groups is 1. The molecule has 0 aliphatic heterocycles. The first kappa shape index (κ1) is 21.2. The number of carbonyl (C=O) groups excluding carboxylic acids is 3. The highest BCUT2D eigenvalue weighted by Crippen LogP contribution is 2.21. The molecular weight excluding hydrogens is 384 g/mol. The van der Waals surface area contributed by atoms with Crippen LogP contribution in [0.15, 0.2) is 48.5 Å². The van der Waals surface area contributed by atoms with Crippen LogP contribution in [0.2, 0.25) is 5.02 Å². The van der Waals surface area contributed by atoms with Crippen LogP contribution >= 0.6 is 11.6 Å². The van der Waals surface area contributed by atoms with Crippen LogP contribution in [0.4, 0.5) is 16.2 Å². The maximum Gasteiger partial charge on any atom is 0.321 e. The molecule has 0 saturated carbocycles. The SMILES string of the molecule is COCCNC(=O)NC(=O)CNc1ccccc1NC(=O)c1ccc(Cl)cc1. The van der Waals surface area contributed by atoms with Gasteiger partial charge in [-0.3, -0.25) is 14.9 Å². The molecule has 0 bridgehead atoms. The Balaban J connectivity index is 1.91. The average molecular weight is 405 g/mol. The van der Waals surface area contributed by atoms with E-state index >= 15 is 0 Å². The van der Waals surface area contributed by atoms with Gasteiger partial charge in [-0.05, 0) is 36.4 Å². The Labute approximate surface area is 167 Å². The highest BCUT2D eigenvalue weighted by atomic mass is 35.5. The van der Waals surface area contributed by atoms with E-state index in [4.69, 9.17) is 16.3 Å². The number of rotatable bonds is 8. The highest BCUT2D eigenvalue weighted by molar-refractivity contribution is 6.30. The molecule has 148 valence electrons. The number of carbonyl (C=O) groups is 3.